The van der Waals surface area contributed by atoms with E-state index < -0.39 is 102 Å². The van der Waals surface area contributed by atoms with Gasteiger partial charge < -0.3 is 127 Å². The van der Waals surface area contributed by atoms with Crippen molar-refractivity contribution in [3.8, 4) is 23.0 Å². The first-order valence-electron chi connectivity index (χ1n) is 33.0. The normalized spacial score (nSPS) is 12.1. The van der Waals surface area contributed by atoms with Crippen molar-refractivity contribution in [2.24, 2.45) is 34.4 Å². The van der Waals surface area contributed by atoms with Crippen molar-refractivity contribution in [2.75, 3.05) is 75.4 Å². The van der Waals surface area contributed by atoms with E-state index in [1.54, 1.807) is 6.20 Å². The number of rotatable bonds is 41. The Bertz CT molecular complexity index is 4230. The number of nitrogens with one attached hydrogen (secondary N) is 17. The molecule has 0 aliphatic rings. The zero-order chi connectivity index (χ0) is 77.6. The second kappa shape index (κ2) is 40.3. The lowest BCUT2D eigenvalue weighted by Gasteiger charge is -2.22. The van der Waals surface area contributed by atoms with Gasteiger partial charge in [-0.05, 0) is 136 Å². The summed E-state index contributed by atoms with van der Waals surface area (Å²) in [5.74, 6) is -10.5. The lowest BCUT2D eigenvalue weighted by molar-refractivity contribution is -0.139. The minimum Gasteiger partial charge on any atom is -0.496 e. The van der Waals surface area contributed by atoms with Crippen LogP contribution >= 0.6 is 0 Å². The van der Waals surface area contributed by atoms with Crippen LogP contribution in [-0.2, 0) is 35.2 Å². The van der Waals surface area contributed by atoms with Gasteiger partial charge in [-0.3, -0.25) is 64.8 Å². The number of methoxy groups -OCH3 is 3. The van der Waals surface area contributed by atoms with E-state index in [0.717, 1.165) is 17.0 Å². The second-order valence-corrected chi connectivity index (χ2v) is 23.7. The number of benzene rings is 5. The van der Waals surface area contributed by atoms with Crippen LogP contribution in [0.5, 0.6) is 23.0 Å². The first kappa shape index (κ1) is 81.5. The maximum Gasteiger partial charge on any atom is 0.341 e. The van der Waals surface area contributed by atoms with Crippen molar-refractivity contribution >= 4 is 117 Å². The SMILES string of the molecule is COc1ccc(NC(=O)[C@H](CCCNC(=N)N)NC(=O)c2cc(NC(=O)[C@H](CCCNC(=N)N)NC(=O)c3cc(NC(=O)[C@H](CCCNC(=N)N)NC(=O)c4cc(NC(=O)[C@@H](N)CCCNC(=N)N)ccc4OC)ccc3OC)ccc2OCC(=O)O)cc1C(=O)N[C@@H](Cc1c[nH]c2ccccc12)C(N)=O. The summed E-state index contributed by atoms with van der Waals surface area (Å²) in [6, 6.07) is 16.8. The average molecular weight is 1470 g/mol. The molecule has 0 bridgehead atoms. The Kier molecular flexibility index (Phi) is 31.0. The van der Waals surface area contributed by atoms with Crippen LogP contribution in [0.1, 0.15) is 98.4 Å². The van der Waals surface area contributed by atoms with Gasteiger partial charge in [-0.15, -0.1) is 0 Å². The number of hydrogen-bond donors (Lipinski definition) is 24. The van der Waals surface area contributed by atoms with E-state index >= 15 is 0 Å². The lowest BCUT2D eigenvalue weighted by Crippen LogP contribution is -2.46. The Morgan fingerprint density at radius 1 is 0.443 bits per heavy atom. The van der Waals surface area contributed by atoms with Crippen LogP contribution in [0.2, 0.25) is 0 Å². The van der Waals surface area contributed by atoms with Crippen LogP contribution in [0.15, 0.2) is 103 Å². The summed E-state index contributed by atoms with van der Waals surface area (Å²) >= 11 is 0. The van der Waals surface area contributed by atoms with Gasteiger partial charge in [-0.25, -0.2) is 4.79 Å². The highest BCUT2D eigenvalue weighted by molar-refractivity contribution is 6.08. The van der Waals surface area contributed by atoms with Crippen molar-refractivity contribution in [1.82, 2.24) is 47.5 Å². The van der Waals surface area contributed by atoms with E-state index in [2.05, 4.69) is 68.8 Å². The van der Waals surface area contributed by atoms with Gasteiger partial charge >= 0.3 is 5.97 Å². The summed E-state index contributed by atoms with van der Waals surface area (Å²) in [4.78, 5) is 141. The third kappa shape index (κ3) is 25.3. The molecule has 38 nitrogen and oxygen atoms in total. The summed E-state index contributed by atoms with van der Waals surface area (Å²) in [5, 5.41) is 72.5. The topological polar surface area (TPSA) is 640 Å². The molecule has 5 aromatic carbocycles. The van der Waals surface area contributed by atoms with Crippen LogP contribution in [0.3, 0.4) is 0 Å². The van der Waals surface area contributed by atoms with Gasteiger partial charge in [-0.2, -0.15) is 0 Å². The smallest absolute Gasteiger partial charge is 0.341 e. The van der Waals surface area contributed by atoms with E-state index in [4.69, 9.17) is 75.0 Å². The minimum absolute atomic E-state index is 0.00679. The molecule has 0 unspecified atom stereocenters. The highest BCUT2D eigenvalue weighted by Crippen LogP contribution is 2.29. The maximum absolute atomic E-state index is 14.6. The number of para-hydroxylation sites is 1. The molecule has 0 radical (unpaired) electrons. The molecule has 0 saturated heterocycles. The molecule has 0 fully saturated rings. The molecule has 106 heavy (non-hydrogen) atoms. The predicted molar refractivity (Wildman–Crippen MR) is 394 cm³/mol. The van der Waals surface area contributed by atoms with Gasteiger partial charge in [0, 0.05) is 72.4 Å². The van der Waals surface area contributed by atoms with Gasteiger partial charge in [0.05, 0.1) is 49.6 Å². The zero-order valence-electron chi connectivity index (χ0n) is 58.2. The molecule has 38 heteroatoms. The van der Waals surface area contributed by atoms with Crippen LogP contribution in [0.25, 0.3) is 10.9 Å². The van der Waals surface area contributed by atoms with Crippen molar-refractivity contribution in [2.45, 2.75) is 88.0 Å². The van der Waals surface area contributed by atoms with Gasteiger partial charge in [0.25, 0.3) is 23.6 Å². The number of ether oxygens (including phenoxy) is 4. The fraction of sp³-hybridized carbons (Fsp3) is 0.324. The number of nitrogens with two attached hydrogens (primary N) is 6. The summed E-state index contributed by atoms with van der Waals surface area (Å²) in [6.45, 7) is -0.427. The predicted octanol–water partition coefficient (Wildman–Crippen LogP) is 0.0137. The number of aliphatic carboxylic acids is 1. The molecular weight excluding hydrogens is 1380 g/mol. The van der Waals surface area contributed by atoms with E-state index in [1.807, 2.05) is 24.3 Å². The molecule has 9 amide bonds. The quantitative estimate of drug-likeness (QED) is 0.0137. The number of aromatic nitrogens is 1. The number of amides is 9. The fourth-order valence-electron chi connectivity index (χ4n) is 10.6. The highest BCUT2D eigenvalue weighted by atomic mass is 16.5. The molecule has 6 aromatic rings. The van der Waals surface area contributed by atoms with Crippen molar-refractivity contribution in [1.29, 1.82) is 21.6 Å². The second-order valence-electron chi connectivity index (χ2n) is 23.7. The molecule has 0 aliphatic heterocycles. The van der Waals surface area contributed by atoms with E-state index in [9.17, 15) is 53.1 Å². The fourth-order valence-corrected chi connectivity index (χ4v) is 10.6. The number of guanidine groups is 4. The molecule has 1 heterocycles. The number of hydrogen-bond acceptors (Lipinski definition) is 19. The monoisotopic (exact) mass is 1470 g/mol. The van der Waals surface area contributed by atoms with Crippen molar-refractivity contribution < 1.29 is 72.0 Å². The van der Waals surface area contributed by atoms with Gasteiger partial charge in [0.15, 0.2) is 30.4 Å². The van der Waals surface area contributed by atoms with E-state index in [0.29, 0.717) is 18.5 Å². The molecule has 5 atom stereocenters. The van der Waals surface area contributed by atoms with Crippen LogP contribution < -0.4 is 117 Å². The van der Waals surface area contributed by atoms with Crippen LogP contribution in [0.4, 0.5) is 22.7 Å². The first-order valence-corrected chi connectivity index (χ1v) is 33.0. The average Bonchev–Trinajstić information content (AvgIpc) is 1.57. The third-order valence-corrected chi connectivity index (χ3v) is 15.9. The Morgan fingerprint density at radius 2 is 0.774 bits per heavy atom. The van der Waals surface area contributed by atoms with Gasteiger partial charge in [0.2, 0.25) is 29.5 Å². The van der Waals surface area contributed by atoms with Crippen LogP contribution in [0, 0.1) is 21.6 Å². The molecule has 30 N–H and O–H groups in total. The number of aromatic amines is 1. The standard InChI is InChI=1S/C68H89N23O15/c1-103-51-20-16-36(84-61(99)45(69)11-6-24-79-65(71)72)29-41(51)57(95)88-47(13-7-25-80-66(73)74)62(100)85-37-17-21-52(104-2)42(30-37)58(96)89-48(14-8-26-81-67(75)76)63(101)87-39-19-23-54(106-34-55(92)93)44(32-39)60(98)90-49(15-9-27-82-68(77)78)64(102)86-38-18-22-53(105-3)43(31-38)59(97)91-50(56(70)94)28-35-33-83-46-12-5-4-10-40(35)46/h4-5,10,12,16-23,29-33,45,47-50,83H,6-9,11,13-15,24-28,34,69H2,1-3H3,(H2,70,94)(H,84,99)(H,85,100)(H,86,102)(H,87,101)(H,88,95)(H,89,96)(H,90,98)(H,91,97)(H,92,93)(H4,71,72,79)(H4,73,74,80)(H4,75,76,81)(H4,77,78,82)/t45-,47-,48-,49-,50-/m0/s1. The number of primary amides is 1. The lowest BCUT2D eigenvalue weighted by atomic mass is 10.0. The molecule has 1 aromatic heterocycles. The number of carbonyl (C=O) groups excluding carboxylic acids is 9. The molecule has 0 spiro atoms. The summed E-state index contributed by atoms with van der Waals surface area (Å²) < 4.78 is 22.0. The minimum atomic E-state index is -1.44. The number of carboxylic acid groups (broad SMARTS) is 1. The van der Waals surface area contributed by atoms with Crippen molar-refractivity contribution in [3.63, 3.8) is 0 Å². The summed E-state index contributed by atoms with van der Waals surface area (Å²) in [7, 11) is 3.87. The molecule has 6 rings (SSSR count). The number of anilines is 4. The highest BCUT2D eigenvalue weighted by Gasteiger charge is 2.31. The Hall–Kier alpha value is -13.4. The largest absolute Gasteiger partial charge is 0.496 e. The number of carbonyl (C=O) groups is 10. The maximum atomic E-state index is 14.6. The summed E-state index contributed by atoms with van der Waals surface area (Å²) in [6.07, 6.45) is 2.46. The Morgan fingerprint density at radius 3 is 1.12 bits per heavy atom. The Labute approximate surface area is 607 Å². The summed E-state index contributed by atoms with van der Waals surface area (Å²) in [5.41, 5.74) is 34.5. The van der Waals surface area contributed by atoms with Gasteiger partial charge in [-0.1, -0.05) is 18.2 Å². The zero-order valence-corrected chi connectivity index (χ0v) is 58.2. The number of fused-ring (bicyclic) bond motifs is 1. The molecular formula is C68H89N23O15. The van der Waals surface area contributed by atoms with Crippen LogP contribution in [-0.4, -0.2) is 177 Å². The number of H-pyrrole nitrogens is 1. The third-order valence-electron chi connectivity index (χ3n) is 15.9. The Balaban J connectivity index is 1.23. The van der Waals surface area contributed by atoms with E-state index in [-0.39, 0.29) is 157 Å². The molecule has 566 valence electrons. The van der Waals surface area contributed by atoms with Crippen molar-refractivity contribution in [3.05, 3.63) is 131 Å². The molecule has 0 saturated carbocycles. The van der Waals surface area contributed by atoms with E-state index in [1.165, 1.54) is 88.1 Å². The molecule has 0 aliphatic carbocycles. The first-order chi connectivity index (χ1) is 50.6. The van der Waals surface area contributed by atoms with Gasteiger partial charge in [0.1, 0.15) is 47.2 Å². The number of carboxylic acids is 1.